The second-order valence-corrected chi connectivity index (χ2v) is 26.4. The second-order valence-electron chi connectivity index (χ2n) is 26.4. The fourth-order valence-corrected chi connectivity index (χ4v) is 10.6. The zero-order valence-corrected chi connectivity index (χ0v) is 62.4. The first-order chi connectivity index (χ1) is 47.9. The van der Waals surface area contributed by atoms with Gasteiger partial charge in [0.15, 0.2) is 18.3 Å². The van der Waals surface area contributed by atoms with E-state index in [1.165, 1.54) is 0 Å². The predicted molar refractivity (Wildman–Crippen MR) is 389 cm³/mol. The Balaban J connectivity index is 1.74. The van der Waals surface area contributed by atoms with Crippen LogP contribution in [0.2, 0.25) is 0 Å². The Kier molecular flexibility index (Phi) is 38.8. The normalized spacial score (nSPS) is 13.9. The quantitative estimate of drug-likeness (QED) is 0.0295. The van der Waals surface area contributed by atoms with Crippen molar-refractivity contribution in [3.05, 3.63) is 119 Å². The van der Waals surface area contributed by atoms with Gasteiger partial charge in [-0.1, -0.05) is 87.0 Å². The highest BCUT2D eigenvalue weighted by Crippen LogP contribution is 2.28. The van der Waals surface area contributed by atoms with Crippen LogP contribution in [0.5, 0.6) is 0 Å². The van der Waals surface area contributed by atoms with Crippen molar-refractivity contribution in [2.75, 3.05) is 149 Å². The van der Waals surface area contributed by atoms with Crippen LogP contribution in [-0.2, 0) is 66.5 Å². The average Bonchev–Trinajstić information content (AvgIpc) is 0.890. The average molecular weight is 1400 g/mol. The maximum Gasteiger partial charge on any atom is 0.338 e. The molecule has 4 aromatic rings. The second kappa shape index (κ2) is 45.9. The Labute approximate surface area is 595 Å². The minimum Gasteiger partial charge on any atom is -0.461 e. The van der Waals surface area contributed by atoms with E-state index in [9.17, 15) is 33.6 Å². The summed E-state index contributed by atoms with van der Waals surface area (Å²) in [5, 5.41) is 0. The number of rotatable bonds is 50. The summed E-state index contributed by atoms with van der Waals surface area (Å²) < 4.78 is 68.1. The maximum absolute atomic E-state index is 13.9. The van der Waals surface area contributed by atoms with E-state index in [4.69, 9.17) is 52.1 Å². The lowest BCUT2D eigenvalue weighted by Crippen LogP contribution is -2.42. The van der Waals surface area contributed by atoms with Crippen molar-refractivity contribution in [2.45, 2.75) is 156 Å². The number of esters is 7. The van der Waals surface area contributed by atoms with Crippen LogP contribution in [0, 0.1) is 23.2 Å². The van der Waals surface area contributed by atoms with Gasteiger partial charge in [0.25, 0.3) is 0 Å². The number of carbonyl (C=O) groups is 7. The van der Waals surface area contributed by atoms with Crippen LogP contribution < -0.4 is 19.6 Å². The molecule has 0 heterocycles. The number of hydrogen-bond acceptors (Lipinski definition) is 22. The van der Waals surface area contributed by atoms with Crippen molar-refractivity contribution in [3.8, 4) is 0 Å². The molecule has 0 amide bonds. The molecule has 556 valence electrons. The van der Waals surface area contributed by atoms with Crippen LogP contribution in [-0.4, -0.2) is 195 Å². The molecule has 0 fully saturated rings. The Morgan fingerprint density at radius 3 is 0.910 bits per heavy atom. The van der Waals surface area contributed by atoms with Crippen LogP contribution in [0.4, 0.5) is 22.7 Å². The van der Waals surface area contributed by atoms with E-state index in [0.29, 0.717) is 56.1 Å². The third-order valence-corrected chi connectivity index (χ3v) is 17.5. The van der Waals surface area contributed by atoms with E-state index in [1.807, 2.05) is 124 Å². The van der Waals surface area contributed by atoms with Crippen molar-refractivity contribution in [1.82, 2.24) is 0 Å². The molecule has 0 N–H and O–H groups in total. The zero-order valence-electron chi connectivity index (χ0n) is 62.4. The summed E-state index contributed by atoms with van der Waals surface area (Å²) in [6.07, 6.45) is 4.66. The van der Waals surface area contributed by atoms with Crippen molar-refractivity contribution in [1.29, 1.82) is 0 Å². The van der Waals surface area contributed by atoms with E-state index < -0.39 is 83.5 Å². The van der Waals surface area contributed by atoms with Gasteiger partial charge < -0.3 is 71.7 Å². The lowest BCUT2D eigenvalue weighted by molar-refractivity contribution is -0.165. The molecule has 0 saturated heterocycles. The number of carbonyl (C=O) groups excluding carboxylic acids is 7. The molecule has 0 radical (unpaired) electrons. The molecule has 4 aromatic carbocycles. The predicted octanol–water partition coefficient (Wildman–Crippen LogP) is 12.9. The lowest BCUT2D eigenvalue weighted by atomic mass is 9.88. The van der Waals surface area contributed by atoms with Gasteiger partial charge in [0.1, 0.15) is 32.5 Å². The van der Waals surface area contributed by atoms with E-state index in [2.05, 4.69) is 0 Å². The van der Waals surface area contributed by atoms with Crippen molar-refractivity contribution in [3.63, 3.8) is 0 Å². The Bertz CT molecular complexity index is 2920. The highest BCUT2D eigenvalue weighted by molar-refractivity contribution is 5.91. The van der Waals surface area contributed by atoms with Crippen LogP contribution in [0.25, 0.3) is 0 Å². The monoisotopic (exact) mass is 1400 g/mol. The largest absolute Gasteiger partial charge is 0.461 e. The van der Waals surface area contributed by atoms with Crippen LogP contribution in [0.1, 0.15) is 173 Å². The Morgan fingerprint density at radius 1 is 0.330 bits per heavy atom. The zero-order chi connectivity index (χ0) is 73.6. The Hall–Kier alpha value is -7.79. The van der Waals surface area contributed by atoms with Crippen molar-refractivity contribution < 1.29 is 85.7 Å². The molecule has 0 spiro atoms. The highest BCUT2D eigenvalue weighted by atomic mass is 16.6. The third kappa shape index (κ3) is 29.8. The van der Waals surface area contributed by atoms with E-state index >= 15 is 0 Å². The van der Waals surface area contributed by atoms with Crippen LogP contribution in [0.15, 0.2) is 97.1 Å². The first-order valence-electron chi connectivity index (χ1n) is 35.7. The highest BCUT2D eigenvalue weighted by Gasteiger charge is 2.34. The van der Waals surface area contributed by atoms with Gasteiger partial charge in [-0.25, -0.2) is 19.2 Å². The third-order valence-electron chi connectivity index (χ3n) is 17.5. The number of benzene rings is 4. The number of anilines is 4. The SMILES string of the molecule is CCCCC(CC)C(=O)OCC(COC(COCC(CC)(COCC(COC(=O)c1ccc(N(C)C)cc1)OC(=O)C(CC)CCCC)COCC(COC(=O)c1ccc(N(C)C)cc1)OC(=O)C(CC)CCCC)COC(=O)c1ccc(N(C)C)cc1)OC(=O)c1ccc(N(C)C)cc1. The number of nitrogens with zero attached hydrogens (tertiary/aromatic N) is 4. The molecule has 22 nitrogen and oxygen atoms in total. The van der Waals surface area contributed by atoms with Gasteiger partial charge in [-0.2, -0.15) is 0 Å². The van der Waals surface area contributed by atoms with Crippen molar-refractivity contribution >= 4 is 64.5 Å². The smallest absolute Gasteiger partial charge is 0.338 e. The van der Waals surface area contributed by atoms with Crippen LogP contribution in [0.3, 0.4) is 0 Å². The maximum atomic E-state index is 13.9. The standard InChI is InChI=1S/C78H116N4O18/c1-16-23-26-56(19-4)71(83)95-52-70(100-77(89)62-35-43-66(44-36-62)82(14)15)49-93-67(48-94-72(84)59-29-37-63(38-30-59)79(8)9)45-90-53-78(22-7,54-91-46-68(98-75(87)57(20-5)27-24-17-2)50-96-73(85)60-31-39-64(40-32-60)80(10)11)55-92-47-69(99-76(88)58(21-6)28-25-18-3)51-97-74(86)61-33-41-65(42-34-61)81(12)13/h29-44,56-58,67-70H,16-28,45-55H2,1-15H3. The van der Waals surface area contributed by atoms with Gasteiger partial charge in [-0.05, 0) is 142 Å². The molecule has 7 unspecified atom stereocenters. The van der Waals surface area contributed by atoms with Gasteiger partial charge in [0.2, 0.25) is 0 Å². The van der Waals surface area contributed by atoms with Gasteiger partial charge >= 0.3 is 41.8 Å². The molecule has 22 heteroatoms. The summed E-state index contributed by atoms with van der Waals surface area (Å²) >= 11 is 0. The minimum atomic E-state index is -1.13. The molecule has 100 heavy (non-hydrogen) atoms. The molecule has 0 aromatic heterocycles. The summed E-state index contributed by atoms with van der Waals surface area (Å²) in [5.74, 6) is -5.06. The molecule has 4 rings (SSSR count). The number of ether oxygens (including phenoxy) is 11. The van der Waals surface area contributed by atoms with Gasteiger partial charge in [0.05, 0.1) is 86.3 Å². The molecule has 0 aliphatic carbocycles. The van der Waals surface area contributed by atoms with E-state index in [-0.39, 0.29) is 89.7 Å². The fraction of sp³-hybridized carbons (Fsp3) is 0.603. The summed E-state index contributed by atoms with van der Waals surface area (Å²) in [7, 11) is 15.1. The van der Waals surface area contributed by atoms with Gasteiger partial charge in [0, 0.05) is 84.5 Å². The summed E-state index contributed by atoms with van der Waals surface area (Å²) in [6, 6.07) is 27.6. The number of hydrogen-bond donors (Lipinski definition) is 0. The molecule has 0 saturated carbocycles. The molecular formula is C78H116N4O18. The summed E-state index contributed by atoms with van der Waals surface area (Å²) in [6.45, 7) is 11.2. The van der Waals surface area contributed by atoms with Crippen LogP contribution >= 0.6 is 0 Å². The Morgan fingerprint density at radius 2 is 0.610 bits per heavy atom. The molecule has 7 atom stereocenters. The first kappa shape index (κ1) is 84.6. The topological polar surface area (TPSA) is 234 Å². The summed E-state index contributed by atoms with van der Waals surface area (Å²) in [5.41, 5.74) is 3.59. The van der Waals surface area contributed by atoms with Gasteiger partial charge in [-0.15, -0.1) is 0 Å². The fourth-order valence-electron chi connectivity index (χ4n) is 10.6. The van der Waals surface area contributed by atoms with E-state index in [1.54, 1.807) is 97.1 Å². The number of unbranched alkanes of at least 4 members (excludes halogenated alkanes) is 3. The molecule has 0 aliphatic heterocycles. The molecule has 0 bridgehead atoms. The molecular weight excluding hydrogens is 1280 g/mol. The van der Waals surface area contributed by atoms with E-state index in [0.717, 1.165) is 61.3 Å². The van der Waals surface area contributed by atoms with Crippen molar-refractivity contribution in [2.24, 2.45) is 23.2 Å². The van der Waals surface area contributed by atoms with Gasteiger partial charge in [-0.3, -0.25) is 14.4 Å². The lowest BCUT2D eigenvalue weighted by Gasteiger charge is -2.34. The minimum absolute atomic E-state index is 0.0960. The molecule has 0 aliphatic rings. The summed E-state index contributed by atoms with van der Waals surface area (Å²) in [4.78, 5) is 104. The first-order valence-corrected chi connectivity index (χ1v) is 35.7.